The van der Waals surface area contributed by atoms with Crippen LogP contribution in [0.25, 0.3) is 0 Å². The Hall–Kier alpha value is -1.71. The monoisotopic (exact) mass is 192 g/mol. The standard InChI is InChI=1S/C10H12N2O2/c1-2-3-8-11-9-6-4-5-7-10(9)12(13)14/h4-8H,2-3H2,1H3. The molecule has 74 valence electrons. The number of nitrogens with zero attached hydrogens (tertiary/aromatic N) is 2. The van der Waals surface area contributed by atoms with Crippen LogP contribution in [-0.4, -0.2) is 11.1 Å². The summed E-state index contributed by atoms with van der Waals surface area (Å²) < 4.78 is 0. The largest absolute Gasteiger partial charge is 0.294 e. The average Bonchev–Trinajstić information content (AvgIpc) is 2.19. The first-order chi connectivity index (χ1) is 6.75. The normalized spacial score (nSPS) is 10.6. The van der Waals surface area contributed by atoms with Crippen molar-refractivity contribution in [1.29, 1.82) is 0 Å². The summed E-state index contributed by atoms with van der Waals surface area (Å²) in [6, 6.07) is 6.48. The van der Waals surface area contributed by atoms with Gasteiger partial charge in [-0.2, -0.15) is 0 Å². The van der Waals surface area contributed by atoms with Gasteiger partial charge in [0.1, 0.15) is 5.69 Å². The van der Waals surface area contributed by atoms with Crippen LogP contribution >= 0.6 is 0 Å². The molecule has 0 saturated carbocycles. The number of unbranched alkanes of at least 4 members (excludes halogenated alkanes) is 1. The summed E-state index contributed by atoms with van der Waals surface area (Å²) in [5, 5.41) is 10.6. The van der Waals surface area contributed by atoms with E-state index in [9.17, 15) is 10.1 Å². The minimum absolute atomic E-state index is 0.0554. The van der Waals surface area contributed by atoms with Gasteiger partial charge < -0.3 is 0 Å². The second-order valence-electron chi connectivity index (χ2n) is 2.85. The Bertz CT molecular complexity index is 348. The first-order valence-electron chi connectivity index (χ1n) is 4.51. The molecule has 0 spiro atoms. The van der Waals surface area contributed by atoms with Crippen LogP contribution in [0.5, 0.6) is 0 Å². The first kappa shape index (κ1) is 10.4. The van der Waals surface area contributed by atoms with E-state index in [1.54, 1.807) is 24.4 Å². The van der Waals surface area contributed by atoms with Gasteiger partial charge >= 0.3 is 0 Å². The molecular formula is C10H12N2O2. The van der Waals surface area contributed by atoms with Gasteiger partial charge in [0, 0.05) is 12.3 Å². The second kappa shape index (κ2) is 5.11. The van der Waals surface area contributed by atoms with Crippen LogP contribution in [0.15, 0.2) is 29.3 Å². The van der Waals surface area contributed by atoms with Gasteiger partial charge in [-0.05, 0) is 12.5 Å². The van der Waals surface area contributed by atoms with Crippen molar-refractivity contribution in [3.05, 3.63) is 34.4 Å². The minimum atomic E-state index is -0.418. The number of nitro groups is 1. The summed E-state index contributed by atoms with van der Waals surface area (Å²) in [5.41, 5.74) is 0.478. The van der Waals surface area contributed by atoms with Crippen molar-refractivity contribution >= 4 is 17.6 Å². The Morgan fingerprint density at radius 1 is 1.50 bits per heavy atom. The maximum Gasteiger partial charge on any atom is 0.294 e. The Kier molecular flexibility index (Phi) is 3.79. The number of hydrogen-bond acceptors (Lipinski definition) is 3. The molecule has 0 atom stereocenters. The Morgan fingerprint density at radius 2 is 2.21 bits per heavy atom. The van der Waals surface area contributed by atoms with E-state index >= 15 is 0 Å². The highest BCUT2D eigenvalue weighted by molar-refractivity contribution is 5.68. The van der Waals surface area contributed by atoms with Crippen molar-refractivity contribution in [2.75, 3.05) is 0 Å². The van der Waals surface area contributed by atoms with Crippen LogP contribution in [0.1, 0.15) is 19.8 Å². The maximum atomic E-state index is 10.6. The average molecular weight is 192 g/mol. The molecule has 1 aromatic rings. The molecule has 0 unspecified atom stereocenters. The molecule has 0 bridgehead atoms. The Morgan fingerprint density at radius 3 is 2.86 bits per heavy atom. The fraction of sp³-hybridized carbons (Fsp3) is 0.300. The lowest BCUT2D eigenvalue weighted by Gasteiger charge is -1.95. The third-order valence-electron chi connectivity index (χ3n) is 1.73. The molecule has 0 fully saturated rings. The van der Waals surface area contributed by atoms with Crippen LogP contribution in [0.3, 0.4) is 0 Å². The third kappa shape index (κ3) is 2.65. The molecule has 0 aliphatic rings. The number of aliphatic imine (C=N–C) groups is 1. The second-order valence-corrected chi connectivity index (χ2v) is 2.85. The zero-order valence-corrected chi connectivity index (χ0v) is 8.01. The molecule has 14 heavy (non-hydrogen) atoms. The maximum absolute atomic E-state index is 10.6. The zero-order valence-electron chi connectivity index (χ0n) is 8.01. The molecule has 0 aliphatic carbocycles. The van der Waals surface area contributed by atoms with E-state index < -0.39 is 4.92 Å². The van der Waals surface area contributed by atoms with E-state index in [1.165, 1.54) is 6.07 Å². The van der Waals surface area contributed by atoms with Crippen molar-refractivity contribution in [2.45, 2.75) is 19.8 Å². The topological polar surface area (TPSA) is 55.5 Å². The number of nitro benzene ring substituents is 1. The molecule has 1 rings (SSSR count). The van der Waals surface area contributed by atoms with Crippen LogP contribution in [0, 0.1) is 10.1 Å². The fourth-order valence-electron chi connectivity index (χ4n) is 1.02. The zero-order chi connectivity index (χ0) is 10.4. The van der Waals surface area contributed by atoms with Crippen molar-refractivity contribution in [2.24, 2.45) is 4.99 Å². The van der Waals surface area contributed by atoms with E-state index in [0.29, 0.717) is 5.69 Å². The van der Waals surface area contributed by atoms with E-state index in [-0.39, 0.29) is 5.69 Å². The first-order valence-corrected chi connectivity index (χ1v) is 4.51. The third-order valence-corrected chi connectivity index (χ3v) is 1.73. The SMILES string of the molecule is CCCC=Nc1ccccc1[N+](=O)[O-]. The molecule has 0 saturated heterocycles. The van der Waals surface area contributed by atoms with E-state index in [2.05, 4.69) is 4.99 Å². The summed E-state index contributed by atoms with van der Waals surface area (Å²) >= 11 is 0. The molecule has 0 amide bonds. The molecule has 0 aromatic heterocycles. The summed E-state index contributed by atoms with van der Waals surface area (Å²) in [4.78, 5) is 14.2. The lowest BCUT2D eigenvalue weighted by Crippen LogP contribution is -1.87. The number of rotatable bonds is 4. The van der Waals surface area contributed by atoms with Crippen molar-refractivity contribution < 1.29 is 4.92 Å². The van der Waals surface area contributed by atoms with Crippen molar-refractivity contribution in [3.8, 4) is 0 Å². The van der Waals surface area contributed by atoms with Crippen LogP contribution < -0.4 is 0 Å². The molecule has 0 aliphatic heterocycles. The van der Waals surface area contributed by atoms with Gasteiger partial charge in [-0.1, -0.05) is 25.5 Å². The molecule has 4 heteroatoms. The predicted molar refractivity (Wildman–Crippen MR) is 56.2 cm³/mol. The molecule has 4 nitrogen and oxygen atoms in total. The van der Waals surface area contributed by atoms with Gasteiger partial charge in [0.25, 0.3) is 5.69 Å². The Labute approximate surface area is 82.4 Å². The summed E-state index contributed by atoms with van der Waals surface area (Å²) in [6.07, 6.45) is 3.54. The lowest BCUT2D eigenvalue weighted by atomic mass is 10.3. The van der Waals surface area contributed by atoms with E-state index in [0.717, 1.165) is 12.8 Å². The highest BCUT2D eigenvalue weighted by Crippen LogP contribution is 2.25. The van der Waals surface area contributed by atoms with Crippen molar-refractivity contribution in [3.63, 3.8) is 0 Å². The van der Waals surface area contributed by atoms with Crippen LogP contribution in [-0.2, 0) is 0 Å². The molecule has 0 N–H and O–H groups in total. The van der Waals surface area contributed by atoms with Gasteiger partial charge in [0.15, 0.2) is 0 Å². The van der Waals surface area contributed by atoms with Gasteiger partial charge in [0.2, 0.25) is 0 Å². The number of benzene rings is 1. The molecule has 0 heterocycles. The smallest absolute Gasteiger partial charge is 0.258 e. The summed E-state index contributed by atoms with van der Waals surface area (Å²) in [6.45, 7) is 2.03. The molecular weight excluding hydrogens is 180 g/mol. The number of hydrogen-bond donors (Lipinski definition) is 0. The molecule has 0 radical (unpaired) electrons. The van der Waals surface area contributed by atoms with Crippen LogP contribution in [0.4, 0.5) is 11.4 Å². The van der Waals surface area contributed by atoms with Gasteiger partial charge in [-0.15, -0.1) is 0 Å². The summed E-state index contributed by atoms with van der Waals surface area (Å²) in [5.74, 6) is 0. The van der Waals surface area contributed by atoms with E-state index in [1.807, 2.05) is 6.92 Å². The highest BCUT2D eigenvalue weighted by Gasteiger charge is 2.09. The quantitative estimate of drug-likeness (QED) is 0.418. The van der Waals surface area contributed by atoms with E-state index in [4.69, 9.17) is 0 Å². The van der Waals surface area contributed by atoms with Gasteiger partial charge in [-0.25, -0.2) is 0 Å². The lowest BCUT2D eigenvalue weighted by molar-refractivity contribution is -0.384. The summed E-state index contributed by atoms with van der Waals surface area (Å²) in [7, 11) is 0. The van der Waals surface area contributed by atoms with Crippen LogP contribution in [0.2, 0.25) is 0 Å². The van der Waals surface area contributed by atoms with Gasteiger partial charge in [0.05, 0.1) is 4.92 Å². The predicted octanol–water partition coefficient (Wildman–Crippen LogP) is 3.10. The fourth-order valence-corrected chi connectivity index (χ4v) is 1.02. The van der Waals surface area contributed by atoms with Gasteiger partial charge in [-0.3, -0.25) is 15.1 Å². The highest BCUT2D eigenvalue weighted by atomic mass is 16.6. The van der Waals surface area contributed by atoms with Crippen molar-refractivity contribution in [1.82, 2.24) is 0 Å². The number of para-hydroxylation sites is 2. The Balaban J connectivity index is 2.90. The molecule has 1 aromatic carbocycles. The minimum Gasteiger partial charge on any atom is -0.258 e.